The molecule has 0 saturated heterocycles. The van der Waals surface area contributed by atoms with E-state index >= 15 is 0 Å². The van der Waals surface area contributed by atoms with Gasteiger partial charge >= 0.3 is 0 Å². The van der Waals surface area contributed by atoms with E-state index in [0.29, 0.717) is 35.7 Å². The van der Waals surface area contributed by atoms with E-state index in [-0.39, 0.29) is 5.91 Å². The van der Waals surface area contributed by atoms with Crippen molar-refractivity contribution in [1.29, 1.82) is 0 Å². The van der Waals surface area contributed by atoms with Crippen LogP contribution < -0.4 is 14.4 Å². The van der Waals surface area contributed by atoms with Gasteiger partial charge in [-0.25, -0.2) is 0 Å². The van der Waals surface area contributed by atoms with Crippen LogP contribution in [0.25, 0.3) is 0 Å². The molecule has 5 nitrogen and oxygen atoms in total. The maximum Gasteiger partial charge on any atom is 0.268 e. The standard InChI is InChI=1S/C14H17NO4/c1-4-11-14(17)15(5-2)10-6-9(8-16)7-12(18-3)13(10)19-11/h6-8,11H,4-5H2,1-3H3. The van der Waals surface area contributed by atoms with Gasteiger partial charge in [-0.05, 0) is 25.5 Å². The molecule has 0 N–H and O–H groups in total. The Hall–Kier alpha value is -2.04. The van der Waals surface area contributed by atoms with E-state index in [1.165, 1.54) is 7.11 Å². The fourth-order valence-electron chi connectivity index (χ4n) is 2.22. The number of ether oxygens (including phenoxy) is 2. The van der Waals surface area contributed by atoms with Gasteiger partial charge in [0.25, 0.3) is 5.91 Å². The quantitative estimate of drug-likeness (QED) is 0.780. The van der Waals surface area contributed by atoms with Crippen molar-refractivity contribution in [3.63, 3.8) is 0 Å². The van der Waals surface area contributed by atoms with Crippen LogP contribution >= 0.6 is 0 Å². The highest BCUT2D eigenvalue weighted by Gasteiger charge is 2.34. The molecule has 2 rings (SSSR count). The summed E-state index contributed by atoms with van der Waals surface area (Å²) in [5.41, 5.74) is 1.05. The fourth-order valence-corrected chi connectivity index (χ4v) is 2.22. The minimum absolute atomic E-state index is 0.0809. The van der Waals surface area contributed by atoms with E-state index in [1.54, 1.807) is 17.0 Å². The molecule has 1 aliphatic rings. The van der Waals surface area contributed by atoms with Crippen LogP contribution in [-0.2, 0) is 4.79 Å². The summed E-state index contributed by atoms with van der Waals surface area (Å²) in [6.07, 6.45) is 0.823. The summed E-state index contributed by atoms with van der Waals surface area (Å²) in [6, 6.07) is 3.26. The number of rotatable bonds is 4. The smallest absolute Gasteiger partial charge is 0.268 e. The Labute approximate surface area is 112 Å². The molecule has 1 aromatic rings. The number of aldehydes is 1. The van der Waals surface area contributed by atoms with Crippen molar-refractivity contribution in [3.8, 4) is 11.5 Å². The number of anilines is 1. The van der Waals surface area contributed by atoms with Crippen LogP contribution in [0.5, 0.6) is 11.5 Å². The Balaban J connectivity index is 2.60. The van der Waals surface area contributed by atoms with Crippen LogP contribution in [0.3, 0.4) is 0 Å². The monoisotopic (exact) mass is 263 g/mol. The summed E-state index contributed by atoms with van der Waals surface area (Å²) >= 11 is 0. The average molecular weight is 263 g/mol. The zero-order valence-corrected chi connectivity index (χ0v) is 11.3. The lowest BCUT2D eigenvalue weighted by Gasteiger charge is -2.34. The topological polar surface area (TPSA) is 55.8 Å². The number of amides is 1. The van der Waals surface area contributed by atoms with Crippen molar-refractivity contribution >= 4 is 17.9 Å². The van der Waals surface area contributed by atoms with Crippen LogP contribution in [0, 0.1) is 0 Å². The maximum absolute atomic E-state index is 12.2. The van der Waals surface area contributed by atoms with Gasteiger partial charge in [-0.3, -0.25) is 9.59 Å². The molecular formula is C14H17NO4. The van der Waals surface area contributed by atoms with Gasteiger partial charge in [0.15, 0.2) is 17.6 Å². The number of benzene rings is 1. The molecule has 1 atom stereocenters. The molecule has 0 bridgehead atoms. The summed E-state index contributed by atoms with van der Waals surface area (Å²) in [5.74, 6) is 0.924. The molecule has 1 aromatic carbocycles. The number of carbonyl (C=O) groups excluding carboxylic acids is 2. The summed E-state index contributed by atoms with van der Waals surface area (Å²) in [7, 11) is 1.52. The van der Waals surface area contributed by atoms with Crippen molar-refractivity contribution in [3.05, 3.63) is 17.7 Å². The first-order valence-electron chi connectivity index (χ1n) is 6.31. The molecule has 0 spiro atoms. The number of nitrogens with zero attached hydrogens (tertiary/aromatic N) is 1. The van der Waals surface area contributed by atoms with E-state index in [0.717, 1.165) is 6.29 Å². The number of methoxy groups -OCH3 is 1. The van der Waals surface area contributed by atoms with E-state index in [4.69, 9.17) is 9.47 Å². The minimum atomic E-state index is -0.497. The van der Waals surface area contributed by atoms with Crippen molar-refractivity contribution < 1.29 is 19.1 Å². The molecule has 0 aliphatic carbocycles. The first kappa shape index (κ1) is 13.4. The lowest BCUT2D eigenvalue weighted by atomic mass is 10.1. The second-order valence-corrected chi connectivity index (χ2v) is 4.29. The molecule has 5 heteroatoms. The highest BCUT2D eigenvalue weighted by Crippen LogP contribution is 2.42. The van der Waals surface area contributed by atoms with E-state index in [2.05, 4.69) is 0 Å². The van der Waals surface area contributed by atoms with Crippen LogP contribution in [0.4, 0.5) is 5.69 Å². The molecule has 0 saturated carbocycles. The third kappa shape index (κ3) is 2.16. The predicted octanol–water partition coefficient (Wildman–Crippen LogP) is 2.03. The number of fused-ring (bicyclic) bond motifs is 1. The molecule has 0 radical (unpaired) electrons. The average Bonchev–Trinajstić information content (AvgIpc) is 2.45. The normalized spacial score (nSPS) is 17.7. The summed E-state index contributed by atoms with van der Waals surface area (Å²) in [5, 5.41) is 0. The van der Waals surface area contributed by atoms with Crippen molar-refractivity contribution in [2.45, 2.75) is 26.4 Å². The zero-order valence-electron chi connectivity index (χ0n) is 11.3. The van der Waals surface area contributed by atoms with Gasteiger partial charge in [0, 0.05) is 12.1 Å². The first-order chi connectivity index (χ1) is 9.15. The second-order valence-electron chi connectivity index (χ2n) is 4.29. The summed E-state index contributed by atoms with van der Waals surface area (Å²) in [6.45, 7) is 4.31. The van der Waals surface area contributed by atoms with Crippen molar-refractivity contribution in [1.82, 2.24) is 0 Å². The Morgan fingerprint density at radius 2 is 2.16 bits per heavy atom. The minimum Gasteiger partial charge on any atom is -0.493 e. The Morgan fingerprint density at radius 3 is 2.68 bits per heavy atom. The van der Waals surface area contributed by atoms with Gasteiger partial charge in [-0.1, -0.05) is 6.92 Å². The largest absolute Gasteiger partial charge is 0.493 e. The van der Waals surface area contributed by atoms with Crippen LogP contribution in [0.15, 0.2) is 12.1 Å². The SMILES string of the molecule is CCC1Oc2c(OC)cc(C=O)cc2N(CC)C1=O. The van der Waals surface area contributed by atoms with Crippen LogP contribution in [-0.4, -0.2) is 32.0 Å². The zero-order chi connectivity index (χ0) is 14.0. The van der Waals surface area contributed by atoms with E-state index < -0.39 is 6.10 Å². The molecule has 102 valence electrons. The maximum atomic E-state index is 12.2. The molecule has 1 amide bonds. The van der Waals surface area contributed by atoms with Gasteiger partial charge in [0.2, 0.25) is 0 Å². The Bertz CT molecular complexity index is 512. The van der Waals surface area contributed by atoms with Crippen molar-refractivity contribution in [2.75, 3.05) is 18.6 Å². The third-order valence-corrected chi connectivity index (χ3v) is 3.19. The first-order valence-corrected chi connectivity index (χ1v) is 6.31. The van der Waals surface area contributed by atoms with E-state index in [9.17, 15) is 9.59 Å². The molecular weight excluding hydrogens is 246 g/mol. The molecule has 1 heterocycles. The lowest BCUT2D eigenvalue weighted by Crippen LogP contribution is -2.45. The van der Waals surface area contributed by atoms with Gasteiger partial charge in [-0.2, -0.15) is 0 Å². The second kappa shape index (κ2) is 5.30. The van der Waals surface area contributed by atoms with Gasteiger partial charge in [0.05, 0.1) is 12.8 Å². The highest BCUT2D eigenvalue weighted by molar-refractivity contribution is 6.01. The summed E-state index contributed by atoms with van der Waals surface area (Å²) in [4.78, 5) is 24.8. The highest BCUT2D eigenvalue weighted by atomic mass is 16.5. The third-order valence-electron chi connectivity index (χ3n) is 3.19. The lowest BCUT2D eigenvalue weighted by molar-refractivity contribution is -0.126. The molecule has 0 aromatic heterocycles. The van der Waals surface area contributed by atoms with Gasteiger partial charge in [-0.15, -0.1) is 0 Å². The Kier molecular flexibility index (Phi) is 3.74. The van der Waals surface area contributed by atoms with Crippen molar-refractivity contribution in [2.24, 2.45) is 0 Å². The fraction of sp³-hybridized carbons (Fsp3) is 0.429. The van der Waals surface area contributed by atoms with Gasteiger partial charge in [0.1, 0.15) is 6.29 Å². The Morgan fingerprint density at radius 1 is 1.42 bits per heavy atom. The molecule has 1 unspecified atom stereocenters. The molecule has 19 heavy (non-hydrogen) atoms. The molecule has 1 aliphatic heterocycles. The number of carbonyl (C=O) groups is 2. The van der Waals surface area contributed by atoms with E-state index in [1.807, 2.05) is 13.8 Å². The number of hydrogen-bond acceptors (Lipinski definition) is 4. The van der Waals surface area contributed by atoms with Gasteiger partial charge < -0.3 is 14.4 Å². The number of likely N-dealkylation sites (N-methyl/N-ethyl adjacent to an activating group) is 1. The summed E-state index contributed by atoms with van der Waals surface area (Å²) < 4.78 is 11.0. The predicted molar refractivity (Wildman–Crippen MR) is 71.1 cm³/mol. The van der Waals surface area contributed by atoms with Crippen LogP contribution in [0.2, 0.25) is 0 Å². The number of hydrogen-bond donors (Lipinski definition) is 0. The molecule has 0 fully saturated rings. The van der Waals surface area contributed by atoms with Crippen LogP contribution in [0.1, 0.15) is 30.6 Å².